The summed E-state index contributed by atoms with van der Waals surface area (Å²) in [5.41, 5.74) is 1.67. The van der Waals surface area contributed by atoms with E-state index in [0.717, 1.165) is 5.56 Å². The van der Waals surface area contributed by atoms with Crippen molar-refractivity contribution in [3.8, 4) is 5.75 Å². The maximum atomic E-state index is 13.1. The van der Waals surface area contributed by atoms with Gasteiger partial charge in [-0.15, -0.1) is 0 Å². The van der Waals surface area contributed by atoms with Gasteiger partial charge in [-0.05, 0) is 53.6 Å². The second kappa shape index (κ2) is 9.02. The number of methoxy groups -OCH3 is 1. The number of Topliss-reactive ketones (excluding diaryl/α,β-unsaturated/α-hetero) is 1. The van der Waals surface area contributed by atoms with Gasteiger partial charge in [-0.2, -0.15) is 0 Å². The van der Waals surface area contributed by atoms with Gasteiger partial charge in [0, 0.05) is 24.5 Å². The summed E-state index contributed by atoms with van der Waals surface area (Å²) in [5.74, 6) is -1.26. The quantitative estimate of drug-likeness (QED) is 0.323. The normalized spacial score (nSPS) is 17.6. The molecule has 1 N–H and O–H groups in total. The number of aliphatic hydroxyl groups is 1. The number of amides is 1. The van der Waals surface area contributed by atoms with Crippen LogP contribution < -0.4 is 4.74 Å². The first kappa shape index (κ1) is 21.9. The number of hydrogen-bond donors (Lipinski definition) is 1. The number of ketones is 1. The Kier molecular flexibility index (Phi) is 6.17. The molecule has 2 heterocycles. The van der Waals surface area contributed by atoms with Crippen LogP contribution in [0.3, 0.4) is 0 Å². The van der Waals surface area contributed by atoms with E-state index in [1.54, 1.807) is 54.9 Å². The number of hydrogen-bond acceptors (Lipinski definition) is 5. The summed E-state index contributed by atoms with van der Waals surface area (Å²) >= 11 is 12.1. The van der Waals surface area contributed by atoms with Gasteiger partial charge in [0.1, 0.15) is 11.5 Å². The van der Waals surface area contributed by atoms with Gasteiger partial charge in [0.2, 0.25) is 0 Å². The highest BCUT2D eigenvalue weighted by atomic mass is 35.5. The third-order valence-electron chi connectivity index (χ3n) is 5.24. The van der Waals surface area contributed by atoms with Gasteiger partial charge in [0.25, 0.3) is 11.7 Å². The number of aromatic nitrogens is 1. The number of halogens is 2. The van der Waals surface area contributed by atoms with Crippen LogP contribution in [0.15, 0.2) is 72.6 Å². The van der Waals surface area contributed by atoms with Crippen LogP contribution in [-0.4, -0.2) is 33.8 Å². The standard InChI is InChI=1S/C24H18Cl2N2O4/c1-32-17-4-2-3-15(11-17)21-20(22(29)16-5-6-18(25)19(26)12-16)23(30)24(31)28(21)13-14-7-9-27-10-8-14/h2-12,21,29H,13H2,1H3/b22-20-. The molecule has 1 unspecified atom stereocenters. The molecule has 1 aliphatic rings. The second-order valence-corrected chi connectivity index (χ2v) is 8.00. The lowest BCUT2D eigenvalue weighted by Crippen LogP contribution is -2.29. The van der Waals surface area contributed by atoms with Crippen LogP contribution in [-0.2, 0) is 16.1 Å². The highest BCUT2D eigenvalue weighted by molar-refractivity contribution is 6.46. The zero-order valence-corrected chi connectivity index (χ0v) is 18.5. The van der Waals surface area contributed by atoms with Gasteiger partial charge in [-0.1, -0.05) is 35.3 Å². The Morgan fingerprint density at radius 1 is 1.06 bits per heavy atom. The maximum absolute atomic E-state index is 13.1. The summed E-state index contributed by atoms with van der Waals surface area (Å²) in [7, 11) is 1.53. The Morgan fingerprint density at radius 3 is 2.50 bits per heavy atom. The number of rotatable bonds is 5. The molecule has 4 rings (SSSR count). The van der Waals surface area contributed by atoms with Crippen LogP contribution in [0.5, 0.6) is 5.75 Å². The third kappa shape index (κ3) is 4.07. The minimum Gasteiger partial charge on any atom is -0.507 e. The molecule has 1 atom stereocenters. The van der Waals surface area contributed by atoms with Crippen LogP contribution >= 0.6 is 23.2 Å². The minimum atomic E-state index is -0.826. The molecule has 0 radical (unpaired) electrons. The number of nitrogens with zero attached hydrogens (tertiary/aromatic N) is 2. The number of ether oxygens (including phenoxy) is 1. The van der Waals surface area contributed by atoms with E-state index in [1.807, 2.05) is 0 Å². The number of likely N-dealkylation sites (tertiary alicyclic amines) is 1. The molecule has 1 aromatic heterocycles. The molecule has 0 saturated carbocycles. The third-order valence-corrected chi connectivity index (χ3v) is 5.98. The van der Waals surface area contributed by atoms with Crippen molar-refractivity contribution in [2.45, 2.75) is 12.6 Å². The molecular weight excluding hydrogens is 451 g/mol. The van der Waals surface area contributed by atoms with Gasteiger partial charge in [-0.25, -0.2) is 0 Å². The van der Waals surface area contributed by atoms with E-state index in [2.05, 4.69) is 4.98 Å². The average molecular weight is 469 g/mol. The first-order chi connectivity index (χ1) is 15.4. The summed E-state index contributed by atoms with van der Waals surface area (Å²) in [6, 6.07) is 14.3. The van der Waals surface area contributed by atoms with Crippen LogP contribution in [0.25, 0.3) is 5.76 Å². The second-order valence-electron chi connectivity index (χ2n) is 7.19. The molecule has 0 bridgehead atoms. The van der Waals surface area contributed by atoms with Crippen molar-refractivity contribution in [2.75, 3.05) is 7.11 Å². The summed E-state index contributed by atoms with van der Waals surface area (Å²) < 4.78 is 5.32. The summed E-state index contributed by atoms with van der Waals surface area (Å²) in [6.07, 6.45) is 3.23. The fourth-order valence-corrected chi connectivity index (χ4v) is 3.98. The number of pyridine rings is 1. The summed E-state index contributed by atoms with van der Waals surface area (Å²) in [4.78, 5) is 31.6. The number of benzene rings is 2. The van der Waals surface area contributed by atoms with E-state index in [0.29, 0.717) is 16.3 Å². The molecule has 8 heteroatoms. The molecule has 1 fully saturated rings. The predicted octanol–water partition coefficient (Wildman–Crippen LogP) is 5.02. The molecule has 32 heavy (non-hydrogen) atoms. The Labute approximate surface area is 194 Å². The Bertz CT molecular complexity index is 1230. The lowest BCUT2D eigenvalue weighted by Gasteiger charge is -2.25. The van der Waals surface area contributed by atoms with Gasteiger partial charge in [-0.3, -0.25) is 14.6 Å². The van der Waals surface area contributed by atoms with E-state index < -0.39 is 17.7 Å². The summed E-state index contributed by atoms with van der Waals surface area (Å²) in [5, 5.41) is 11.6. The number of carbonyl (C=O) groups is 2. The molecule has 1 aliphatic heterocycles. The van der Waals surface area contributed by atoms with Gasteiger partial charge < -0.3 is 14.7 Å². The largest absolute Gasteiger partial charge is 0.507 e. The highest BCUT2D eigenvalue weighted by Gasteiger charge is 2.46. The lowest BCUT2D eigenvalue weighted by molar-refractivity contribution is -0.140. The van der Waals surface area contributed by atoms with E-state index in [-0.39, 0.29) is 28.5 Å². The molecule has 3 aromatic rings. The SMILES string of the molecule is COc1cccc(C2/C(=C(/O)c3ccc(Cl)c(Cl)c3)C(=O)C(=O)N2Cc2ccncc2)c1. The predicted molar refractivity (Wildman–Crippen MR) is 122 cm³/mol. The van der Waals surface area contributed by atoms with Crippen molar-refractivity contribution in [2.24, 2.45) is 0 Å². The fourth-order valence-electron chi connectivity index (χ4n) is 3.69. The van der Waals surface area contributed by atoms with E-state index >= 15 is 0 Å². The molecule has 6 nitrogen and oxygen atoms in total. The van der Waals surface area contributed by atoms with Gasteiger partial charge >= 0.3 is 0 Å². The van der Waals surface area contributed by atoms with Gasteiger partial charge in [0.15, 0.2) is 0 Å². The first-order valence-corrected chi connectivity index (χ1v) is 10.4. The van der Waals surface area contributed by atoms with Gasteiger partial charge in [0.05, 0.1) is 28.8 Å². The van der Waals surface area contributed by atoms with Crippen molar-refractivity contribution in [1.82, 2.24) is 9.88 Å². The monoisotopic (exact) mass is 468 g/mol. The highest BCUT2D eigenvalue weighted by Crippen LogP contribution is 2.41. The smallest absolute Gasteiger partial charge is 0.295 e. The molecule has 0 spiro atoms. The fraction of sp³-hybridized carbons (Fsp3) is 0.125. The summed E-state index contributed by atoms with van der Waals surface area (Å²) in [6.45, 7) is 0.160. The number of aliphatic hydroxyl groups excluding tert-OH is 1. The Balaban J connectivity index is 1.89. The first-order valence-electron chi connectivity index (χ1n) is 9.67. The molecular formula is C24H18Cl2N2O4. The minimum absolute atomic E-state index is 0.0318. The van der Waals surface area contributed by atoms with Crippen LogP contribution in [0.4, 0.5) is 0 Å². The van der Waals surface area contributed by atoms with E-state index in [9.17, 15) is 14.7 Å². The molecule has 2 aromatic carbocycles. The molecule has 1 saturated heterocycles. The van der Waals surface area contributed by atoms with Crippen molar-refractivity contribution < 1.29 is 19.4 Å². The topological polar surface area (TPSA) is 79.7 Å². The van der Waals surface area contributed by atoms with Crippen molar-refractivity contribution >= 4 is 40.7 Å². The van der Waals surface area contributed by atoms with Crippen molar-refractivity contribution in [1.29, 1.82) is 0 Å². The Hall–Kier alpha value is -3.35. The van der Waals surface area contributed by atoms with Crippen LogP contribution in [0.1, 0.15) is 22.7 Å². The van der Waals surface area contributed by atoms with E-state index in [1.165, 1.54) is 24.1 Å². The maximum Gasteiger partial charge on any atom is 0.295 e. The Morgan fingerprint density at radius 2 is 1.81 bits per heavy atom. The van der Waals surface area contributed by atoms with Crippen LogP contribution in [0.2, 0.25) is 10.0 Å². The number of carbonyl (C=O) groups excluding carboxylic acids is 2. The molecule has 0 aliphatic carbocycles. The average Bonchev–Trinajstić information content (AvgIpc) is 3.06. The van der Waals surface area contributed by atoms with E-state index in [4.69, 9.17) is 27.9 Å². The zero-order chi connectivity index (χ0) is 22.8. The zero-order valence-electron chi connectivity index (χ0n) is 17.0. The molecule has 1 amide bonds. The lowest BCUT2D eigenvalue weighted by atomic mass is 9.95. The van der Waals surface area contributed by atoms with Crippen molar-refractivity contribution in [3.63, 3.8) is 0 Å². The van der Waals surface area contributed by atoms with Crippen LogP contribution in [0, 0.1) is 0 Å². The van der Waals surface area contributed by atoms with Crippen molar-refractivity contribution in [3.05, 3.63) is 99.3 Å². The molecule has 162 valence electrons.